The zero-order valence-electron chi connectivity index (χ0n) is 16.2. The van der Waals surface area contributed by atoms with Crippen LogP contribution in [0.1, 0.15) is 16.7 Å². The Balaban J connectivity index is 2.16. The number of alkyl halides is 6. The summed E-state index contributed by atoms with van der Waals surface area (Å²) in [5.41, 5.74) is -1.85. The van der Waals surface area contributed by atoms with Gasteiger partial charge in [-0.2, -0.15) is 31.6 Å². The molecule has 0 heterocycles. The monoisotopic (exact) mass is 497 g/mol. The Morgan fingerprint density at radius 2 is 1.66 bits per heavy atom. The molecule has 0 aromatic heterocycles. The van der Waals surface area contributed by atoms with Crippen LogP contribution in [-0.2, 0) is 22.0 Å². The summed E-state index contributed by atoms with van der Waals surface area (Å²) < 4.78 is 101. The molecule has 2 rings (SSSR count). The Kier molecular flexibility index (Phi) is 8.08. The Morgan fingerprint density at radius 3 is 2.16 bits per heavy atom. The van der Waals surface area contributed by atoms with E-state index >= 15 is 0 Å². The van der Waals surface area contributed by atoms with Gasteiger partial charge in [0.25, 0.3) is 0 Å². The summed E-state index contributed by atoms with van der Waals surface area (Å²) in [4.78, 5) is 1.39. The summed E-state index contributed by atoms with van der Waals surface area (Å²) >= 11 is 1.15. The lowest BCUT2D eigenvalue weighted by atomic mass is 10.1. The Morgan fingerprint density at radius 1 is 1.03 bits per heavy atom. The van der Waals surface area contributed by atoms with E-state index in [1.165, 1.54) is 18.2 Å². The first kappa shape index (κ1) is 25.8. The minimum atomic E-state index is -4.89. The van der Waals surface area contributed by atoms with E-state index in [1.54, 1.807) is 12.1 Å². The van der Waals surface area contributed by atoms with E-state index in [9.17, 15) is 34.8 Å². The number of nitrogens with two attached hydrogens (primary N) is 1. The summed E-state index contributed by atoms with van der Waals surface area (Å²) in [6.07, 6.45) is -9.55. The number of hydrogen-bond acceptors (Lipinski definition) is 5. The second kappa shape index (κ2) is 10.0. The van der Waals surface area contributed by atoms with E-state index in [1.807, 2.05) is 0 Å². The van der Waals surface area contributed by atoms with Crippen LogP contribution in [0.5, 0.6) is 0 Å². The van der Waals surface area contributed by atoms with Gasteiger partial charge in [-0.25, -0.2) is 13.6 Å². The van der Waals surface area contributed by atoms with Gasteiger partial charge in [0.15, 0.2) is 0 Å². The maximum Gasteiger partial charge on any atom is 0.417 e. The predicted molar refractivity (Wildman–Crippen MR) is 108 cm³/mol. The third-order valence-corrected chi connectivity index (χ3v) is 5.81. The van der Waals surface area contributed by atoms with Crippen molar-refractivity contribution in [1.29, 1.82) is 5.26 Å². The molecule has 0 fully saturated rings. The number of thioether (sulfide) groups is 1. The zero-order chi connectivity index (χ0) is 24.2. The van der Waals surface area contributed by atoms with Crippen LogP contribution in [0.3, 0.4) is 0 Å². The van der Waals surface area contributed by atoms with Crippen molar-refractivity contribution >= 4 is 27.5 Å². The number of benzene rings is 2. The average Bonchev–Trinajstić information content (AvgIpc) is 2.65. The van der Waals surface area contributed by atoms with Crippen LogP contribution in [-0.4, -0.2) is 33.4 Å². The highest BCUT2D eigenvalue weighted by Gasteiger charge is 2.36. The van der Waals surface area contributed by atoms with Crippen LogP contribution in [0.25, 0.3) is 0 Å². The fourth-order valence-corrected chi connectivity index (χ4v) is 4.30. The minimum absolute atomic E-state index is 0.103. The van der Waals surface area contributed by atoms with Crippen molar-refractivity contribution < 1.29 is 34.8 Å². The molecule has 0 bridgehead atoms. The van der Waals surface area contributed by atoms with Gasteiger partial charge in [-0.05, 0) is 35.9 Å². The fourth-order valence-electron chi connectivity index (χ4n) is 2.76. The molecule has 0 aliphatic rings. The molecular formula is C19H17F6N3O2S2. The fraction of sp³-hybridized carbons (Fsp3) is 0.316. The molecule has 0 spiro atoms. The molecule has 0 saturated heterocycles. The minimum Gasteiger partial charge on any atom is -0.362 e. The van der Waals surface area contributed by atoms with Crippen molar-refractivity contribution in [3.05, 3.63) is 59.2 Å². The average molecular weight is 497 g/mol. The number of anilines is 1. The van der Waals surface area contributed by atoms with E-state index in [4.69, 9.17) is 10.4 Å². The summed E-state index contributed by atoms with van der Waals surface area (Å²) in [6, 6.07) is 9.99. The molecule has 0 aliphatic heterocycles. The number of rotatable bonds is 8. The maximum absolute atomic E-state index is 13.2. The van der Waals surface area contributed by atoms with Crippen LogP contribution in [0.15, 0.2) is 47.4 Å². The first-order chi connectivity index (χ1) is 14.7. The van der Waals surface area contributed by atoms with Crippen molar-refractivity contribution in [3.8, 4) is 6.07 Å². The summed E-state index contributed by atoms with van der Waals surface area (Å²) in [7, 11) is -3.71. The Hall–Kier alpha value is -2.43. The highest BCUT2D eigenvalue weighted by Crippen LogP contribution is 2.35. The normalized spacial score (nSPS) is 12.4. The van der Waals surface area contributed by atoms with Crippen LogP contribution >= 0.6 is 11.8 Å². The number of hydrogen-bond donors (Lipinski definition) is 1. The molecule has 0 atom stereocenters. The molecule has 0 unspecified atom stereocenters. The quantitative estimate of drug-likeness (QED) is 0.428. The molecule has 13 heteroatoms. The second-order valence-corrected chi connectivity index (χ2v) is 9.46. The van der Waals surface area contributed by atoms with Gasteiger partial charge in [-0.15, -0.1) is 11.8 Å². The molecule has 0 amide bonds. The molecule has 0 aliphatic carbocycles. The standard InChI is InChI=1S/C19H17F6N3O2S2/c20-18(21,22)12-28(15-4-3-14(10-26)17(9-15)19(23,24)25)7-8-31-16-5-1-13(2-6-16)11-32(27,29)30/h1-6,9H,7-8,11-12H2,(H2,27,29,30). The molecule has 2 aromatic rings. The van der Waals surface area contributed by atoms with Crippen LogP contribution in [0.2, 0.25) is 0 Å². The van der Waals surface area contributed by atoms with Gasteiger partial charge in [0.1, 0.15) is 6.54 Å². The van der Waals surface area contributed by atoms with Crippen LogP contribution in [0, 0.1) is 11.3 Å². The highest BCUT2D eigenvalue weighted by atomic mass is 32.2. The Labute approximate surface area is 184 Å². The van der Waals surface area contributed by atoms with E-state index in [2.05, 4.69) is 0 Å². The van der Waals surface area contributed by atoms with Gasteiger partial charge in [0.05, 0.1) is 22.9 Å². The largest absolute Gasteiger partial charge is 0.417 e. The number of nitrogens with zero attached hydrogens (tertiary/aromatic N) is 2. The molecule has 0 saturated carbocycles. The third kappa shape index (κ3) is 8.25. The highest BCUT2D eigenvalue weighted by molar-refractivity contribution is 7.99. The lowest BCUT2D eigenvalue weighted by Gasteiger charge is -2.27. The summed E-state index contributed by atoms with van der Waals surface area (Å²) in [6.45, 7) is -1.70. The van der Waals surface area contributed by atoms with Crippen molar-refractivity contribution in [2.75, 3.05) is 23.7 Å². The first-order valence-electron chi connectivity index (χ1n) is 8.83. The molecule has 174 valence electrons. The van der Waals surface area contributed by atoms with E-state index in [-0.39, 0.29) is 23.7 Å². The van der Waals surface area contributed by atoms with Crippen molar-refractivity contribution in [2.24, 2.45) is 5.14 Å². The molecule has 2 N–H and O–H groups in total. The van der Waals surface area contributed by atoms with Gasteiger partial charge in [-0.1, -0.05) is 12.1 Å². The molecule has 32 heavy (non-hydrogen) atoms. The van der Waals surface area contributed by atoms with Crippen LogP contribution < -0.4 is 10.0 Å². The van der Waals surface area contributed by atoms with Gasteiger partial charge < -0.3 is 4.90 Å². The third-order valence-electron chi connectivity index (χ3n) is 4.09. The molecular weight excluding hydrogens is 480 g/mol. The number of primary sulfonamides is 1. The molecule has 2 aromatic carbocycles. The van der Waals surface area contributed by atoms with E-state index in [0.29, 0.717) is 16.5 Å². The van der Waals surface area contributed by atoms with Crippen molar-refractivity contribution in [3.63, 3.8) is 0 Å². The molecule has 5 nitrogen and oxygen atoms in total. The van der Waals surface area contributed by atoms with Gasteiger partial charge in [0, 0.05) is 22.9 Å². The lowest BCUT2D eigenvalue weighted by molar-refractivity contribution is -0.137. The zero-order valence-corrected chi connectivity index (χ0v) is 17.9. The molecule has 0 radical (unpaired) electrons. The SMILES string of the molecule is N#Cc1ccc(N(CCSc2ccc(CS(N)(=O)=O)cc2)CC(F)(F)F)cc1C(F)(F)F. The summed E-state index contributed by atoms with van der Waals surface area (Å²) in [5.74, 6) is -0.260. The summed E-state index contributed by atoms with van der Waals surface area (Å²) in [5, 5.41) is 13.8. The number of halogens is 6. The van der Waals surface area contributed by atoms with Crippen molar-refractivity contribution in [2.45, 2.75) is 23.0 Å². The first-order valence-corrected chi connectivity index (χ1v) is 11.5. The maximum atomic E-state index is 13.2. The smallest absolute Gasteiger partial charge is 0.362 e. The van der Waals surface area contributed by atoms with E-state index < -0.39 is 40.0 Å². The second-order valence-electron chi connectivity index (χ2n) is 6.68. The van der Waals surface area contributed by atoms with Crippen molar-refractivity contribution in [1.82, 2.24) is 0 Å². The Bertz CT molecular complexity index is 1080. The lowest BCUT2D eigenvalue weighted by Crippen LogP contribution is -2.36. The number of nitriles is 1. The number of sulfonamides is 1. The predicted octanol–water partition coefficient (Wildman–Crippen LogP) is 4.53. The van der Waals surface area contributed by atoms with Crippen LogP contribution in [0.4, 0.5) is 32.0 Å². The van der Waals surface area contributed by atoms with Gasteiger partial charge in [-0.3, -0.25) is 0 Å². The van der Waals surface area contributed by atoms with Gasteiger partial charge in [0.2, 0.25) is 10.0 Å². The topological polar surface area (TPSA) is 87.2 Å². The van der Waals surface area contributed by atoms with Gasteiger partial charge >= 0.3 is 12.4 Å². The van der Waals surface area contributed by atoms with E-state index in [0.717, 1.165) is 28.8 Å².